The van der Waals surface area contributed by atoms with Crippen LogP contribution in [0.15, 0.2) is 30.3 Å². The number of nitrogens with one attached hydrogen (secondary N) is 1. The zero-order valence-corrected chi connectivity index (χ0v) is 13.1. The van der Waals surface area contributed by atoms with Crippen molar-refractivity contribution >= 4 is 23.1 Å². The van der Waals surface area contributed by atoms with Gasteiger partial charge in [-0.25, -0.2) is 4.98 Å². The molecular formula is C16H17ClN4. The number of aromatic nitrogens is 1. The molecule has 1 aromatic carbocycles. The number of aryl methyl sites for hydroxylation is 1. The highest BCUT2D eigenvalue weighted by Crippen LogP contribution is 2.19. The number of benzene rings is 1. The molecule has 0 saturated heterocycles. The number of nitrogens with zero attached hydrogens (tertiary/aromatic N) is 3. The highest BCUT2D eigenvalue weighted by atomic mass is 35.5. The lowest BCUT2D eigenvalue weighted by Gasteiger charge is -2.15. The molecule has 1 aromatic heterocycles. The molecule has 0 atom stereocenters. The predicted molar refractivity (Wildman–Crippen MR) is 86.8 cm³/mol. The molecule has 0 unspecified atom stereocenters. The van der Waals surface area contributed by atoms with Crippen molar-refractivity contribution in [2.75, 3.05) is 24.3 Å². The molecule has 4 nitrogen and oxygen atoms in total. The molecule has 0 fully saturated rings. The zero-order chi connectivity index (χ0) is 15.4. The average Bonchev–Trinajstić information content (AvgIpc) is 2.47. The van der Waals surface area contributed by atoms with Gasteiger partial charge in [0.15, 0.2) is 5.69 Å². The third kappa shape index (κ3) is 3.65. The maximum Gasteiger partial charge on any atom is 0.161 e. The largest absolute Gasteiger partial charge is 0.378 e. The summed E-state index contributed by atoms with van der Waals surface area (Å²) in [5.41, 5.74) is 3.81. The number of anilines is 2. The number of halogens is 1. The van der Waals surface area contributed by atoms with E-state index in [-0.39, 0.29) is 5.69 Å². The van der Waals surface area contributed by atoms with E-state index in [1.165, 1.54) is 16.8 Å². The molecule has 0 aliphatic heterocycles. The highest BCUT2D eigenvalue weighted by Gasteiger charge is 2.05. The van der Waals surface area contributed by atoms with Gasteiger partial charge in [0.05, 0.1) is 5.02 Å². The van der Waals surface area contributed by atoms with Gasteiger partial charge in [0.1, 0.15) is 11.9 Å². The SMILES string of the molecule is Cc1cc(N(C)C)ccc1CNc1ccc(Cl)c(C#N)n1. The van der Waals surface area contributed by atoms with Gasteiger partial charge >= 0.3 is 0 Å². The lowest BCUT2D eigenvalue weighted by atomic mass is 10.1. The van der Waals surface area contributed by atoms with E-state index >= 15 is 0 Å². The van der Waals surface area contributed by atoms with Crippen molar-refractivity contribution in [3.05, 3.63) is 52.2 Å². The fourth-order valence-electron chi connectivity index (χ4n) is 1.96. The first-order valence-electron chi connectivity index (χ1n) is 6.58. The average molecular weight is 301 g/mol. The standard InChI is InChI=1S/C16H17ClN4/c1-11-8-13(21(2)3)5-4-12(11)10-19-16-7-6-14(17)15(9-18)20-16/h4-8H,10H2,1-3H3,(H,19,20). The Morgan fingerprint density at radius 1 is 1.29 bits per heavy atom. The van der Waals surface area contributed by atoms with Crippen molar-refractivity contribution < 1.29 is 0 Å². The van der Waals surface area contributed by atoms with Gasteiger partial charge in [-0.3, -0.25) is 0 Å². The van der Waals surface area contributed by atoms with Gasteiger partial charge in [-0.2, -0.15) is 5.26 Å². The van der Waals surface area contributed by atoms with Crippen molar-refractivity contribution in [1.29, 1.82) is 5.26 Å². The van der Waals surface area contributed by atoms with Crippen LogP contribution in [-0.2, 0) is 6.54 Å². The summed E-state index contributed by atoms with van der Waals surface area (Å²) in [6, 6.07) is 11.8. The summed E-state index contributed by atoms with van der Waals surface area (Å²) in [5.74, 6) is 0.645. The highest BCUT2D eigenvalue weighted by molar-refractivity contribution is 6.31. The van der Waals surface area contributed by atoms with Crippen LogP contribution in [0, 0.1) is 18.3 Å². The third-order valence-electron chi connectivity index (χ3n) is 3.25. The van der Waals surface area contributed by atoms with Crippen molar-refractivity contribution in [2.24, 2.45) is 0 Å². The Balaban J connectivity index is 2.12. The minimum absolute atomic E-state index is 0.237. The maximum atomic E-state index is 8.93. The number of pyridine rings is 1. The van der Waals surface area contributed by atoms with Gasteiger partial charge in [0, 0.05) is 26.3 Å². The molecule has 5 heteroatoms. The Bertz CT molecular complexity index is 689. The Kier molecular flexibility index (Phi) is 4.66. The minimum atomic E-state index is 0.237. The number of nitriles is 1. The predicted octanol–water partition coefficient (Wildman–Crippen LogP) is 3.59. The van der Waals surface area contributed by atoms with Crippen molar-refractivity contribution in [3.63, 3.8) is 0 Å². The summed E-state index contributed by atoms with van der Waals surface area (Å²) in [7, 11) is 4.04. The van der Waals surface area contributed by atoms with Gasteiger partial charge < -0.3 is 10.2 Å². The van der Waals surface area contributed by atoms with E-state index in [9.17, 15) is 0 Å². The summed E-state index contributed by atoms with van der Waals surface area (Å²) < 4.78 is 0. The Morgan fingerprint density at radius 3 is 2.67 bits per heavy atom. The van der Waals surface area contributed by atoms with Crippen LogP contribution in [0.2, 0.25) is 5.02 Å². The Morgan fingerprint density at radius 2 is 2.05 bits per heavy atom. The molecule has 2 aromatic rings. The summed E-state index contributed by atoms with van der Waals surface area (Å²) in [6.45, 7) is 2.74. The molecule has 0 aliphatic carbocycles. The van der Waals surface area contributed by atoms with Gasteiger partial charge in [-0.05, 0) is 42.3 Å². The molecule has 0 bridgehead atoms. The molecule has 0 spiro atoms. The lowest BCUT2D eigenvalue weighted by molar-refractivity contribution is 1.07. The van der Waals surface area contributed by atoms with Crippen molar-refractivity contribution in [2.45, 2.75) is 13.5 Å². The van der Waals surface area contributed by atoms with Crippen LogP contribution in [0.5, 0.6) is 0 Å². The van der Waals surface area contributed by atoms with Crippen LogP contribution >= 0.6 is 11.6 Å². The Labute approximate surface area is 130 Å². The normalized spacial score (nSPS) is 10.0. The smallest absolute Gasteiger partial charge is 0.161 e. The van der Waals surface area contributed by atoms with Gasteiger partial charge in [-0.15, -0.1) is 0 Å². The molecule has 0 radical (unpaired) electrons. The molecular weight excluding hydrogens is 284 g/mol. The van der Waals surface area contributed by atoms with Gasteiger partial charge in [0.25, 0.3) is 0 Å². The van der Waals surface area contributed by atoms with E-state index in [0.29, 0.717) is 17.4 Å². The van der Waals surface area contributed by atoms with Crippen molar-refractivity contribution in [3.8, 4) is 6.07 Å². The van der Waals surface area contributed by atoms with E-state index in [2.05, 4.69) is 40.3 Å². The van der Waals surface area contributed by atoms with E-state index in [4.69, 9.17) is 16.9 Å². The minimum Gasteiger partial charge on any atom is -0.378 e. The topological polar surface area (TPSA) is 52.0 Å². The molecule has 1 heterocycles. The fraction of sp³-hybridized carbons (Fsp3) is 0.250. The first-order valence-corrected chi connectivity index (χ1v) is 6.96. The summed E-state index contributed by atoms with van der Waals surface area (Å²) in [5, 5.41) is 12.5. The van der Waals surface area contributed by atoms with E-state index in [0.717, 1.165) is 0 Å². The summed E-state index contributed by atoms with van der Waals surface area (Å²) in [4.78, 5) is 6.24. The molecule has 0 amide bonds. The molecule has 0 aliphatic rings. The number of hydrogen-bond acceptors (Lipinski definition) is 4. The maximum absolute atomic E-state index is 8.93. The van der Waals surface area contributed by atoms with Crippen LogP contribution in [0.3, 0.4) is 0 Å². The molecule has 0 saturated carbocycles. The fourth-order valence-corrected chi connectivity index (χ4v) is 2.11. The molecule has 2 rings (SSSR count). The second-order valence-electron chi connectivity index (χ2n) is 5.00. The van der Waals surface area contributed by atoms with Crippen LogP contribution < -0.4 is 10.2 Å². The number of rotatable bonds is 4. The van der Waals surface area contributed by atoms with Crippen LogP contribution in [0.25, 0.3) is 0 Å². The van der Waals surface area contributed by atoms with Crippen molar-refractivity contribution in [1.82, 2.24) is 4.98 Å². The van der Waals surface area contributed by atoms with Crippen LogP contribution in [0.1, 0.15) is 16.8 Å². The lowest BCUT2D eigenvalue weighted by Crippen LogP contribution is -2.10. The summed E-state index contributed by atoms with van der Waals surface area (Å²) in [6.07, 6.45) is 0. The second-order valence-corrected chi connectivity index (χ2v) is 5.40. The first kappa shape index (κ1) is 15.1. The monoisotopic (exact) mass is 300 g/mol. The van der Waals surface area contributed by atoms with E-state index < -0.39 is 0 Å². The third-order valence-corrected chi connectivity index (χ3v) is 3.56. The van der Waals surface area contributed by atoms with Gasteiger partial charge in [0.2, 0.25) is 0 Å². The summed E-state index contributed by atoms with van der Waals surface area (Å²) >= 11 is 5.87. The second kappa shape index (κ2) is 6.47. The van der Waals surface area contributed by atoms with E-state index in [1.807, 2.05) is 20.2 Å². The quantitative estimate of drug-likeness (QED) is 0.937. The van der Waals surface area contributed by atoms with Crippen LogP contribution in [-0.4, -0.2) is 19.1 Å². The Hall–Kier alpha value is -2.25. The van der Waals surface area contributed by atoms with Gasteiger partial charge in [-0.1, -0.05) is 17.7 Å². The molecule has 1 N–H and O–H groups in total. The molecule has 21 heavy (non-hydrogen) atoms. The zero-order valence-electron chi connectivity index (χ0n) is 12.3. The van der Waals surface area contributed by atoms with Crippen LogP contribution in [0.4, 0.5) is 11.5 Å². The molecule has 108 valence electrons. The van der Waals surface area contributed by atoms with E-state index in [1.54, 1.807) is 12.1 Å². The first-order chi connectivity index (χ1) is 10.0. The number of hydrogen-bond donors (Lipinski definition) is 1.